The molecule has 1 aliphatic carbocycles. The lowest BCUT2D eigenvalue weighted by Gasteiger charge is -2.40. The van der Waals surface area contributed by atoms with Gasteiger partial charge in [0.15, 0.2) is 5.60 Å². The second kappa shape index (κ2) is 13.1. The third-order valence-electron chi connectivity index (χ3n) is 8.20. The molecule has 0 aromatic heterocycles. The van der Waals surface area contributed by atoms with Crippen molar-refractivity contribution in [2.24, 2.45) is 5.92 Å². The van der Waals surface area contributed by atoms with E-state index in [9.17, 15) is 14.4 Å². The van der Waals surface area contributed by atoms with Gasteiger partial charge in [0.05, 0.1) is 17.7 Å². The number of ether oxygens (including phenoxy) is 4. The minimum Gasteiger partial charge on any atom is -0.476 e. The number of amides is 3. The fourth-order valence-electron chi connectivity index (χ4n) is 5.89. The fraction of sp³-hybridized carbons (Fsp3) is 0.700. The molecule has 3 amide bonds. The number of anilines is 2. The lowest BCUT2D eigenvalue weighted by molar-refractivity contribution is -0.132. The van der Waals surface area contributed by atoms with E-state index in [0.29, 0.717) is 63.7 Å². The number of fused-ring (bicyclic) bond motifs is 1. The average Bonchev–Trinajstić information content (AvgIpc) is 3.80. The van der Waals surface area contributed by atoms with Crippen molar-refractivity contribution >= 4 is 29.1 Å². The van der Waals surface area contributed by atoms with Gasteiger partial charge in [0.25, 0.3) is 5.91 Å². The van der Waals surface area contributed by atoms with E-state index in [2.05, 4.69) is 10.6 Å². The minimum atomic E-state index is -0.976. The van der Waals surface area contributed by atoms with Gasteiger partial charge in [-0.05, 0) is 70.6 Å². The molecule has 3 aliphatic heterocycles. The second-order valence-corrected chi connectivity index (χ2v) is 12.0. The molecule has 1 saturated carbocycles. The van der Waals surface area contributed by atoms with Crippen molar-refractivity contribution in [3.05, 3.63) is 18.2 Å². The summed E-state index contributed by atoms with van der Waals surface area (Å²) in [6.07, 6.45) is 4.78. The Balaban J connectivity index is 1.26. The molecular weight excluding hydrogens is 528 g/mol. The average molecular weight is 573 g/mol. The summed E-state index contributed by atoms with van der Waals surface area (Å²) < 4.78 is 22.4. The summed E-state index contributed by atoms with van der Waals surface area (Å²) in [5.41, 5.74) is 0.467. The van der Waals surface area contributed by atoms with Crippen LogP contribution in [-0.2, 0) is 28.6 Å². The van der Waals surface area contributed by atoms with Gasteiger partial charge in [0.2, 0.25) is 11.8 Å². The topological polar surface area (TPSA) is 119 Å². The Morgan fingerprint density at radius 1 is 1.17 bits per heavy atom. The van der Waals surface area contributed by atoms with E-state index in [1.54, 1.807) is 25.9 Å². The highest BCUT2D eigenvalue weighted by atomic mass is 16.5. The Labute approximate surface area is 242 Å². The molecule has 1 aromatic rings. The highest BCUT2D eigenvalue weighted by Crippen LogP contribution is 2.42. The lowest BCUT2D eigenvalue weighted by atomic mass is 9.93. The molecule has 1 aromatic carbocycles. The number of benzene rings is 1. The molecule has 2 atom stereocenters. The highest BCUT2D eigenvalue weighted by Gasteiger charge is 2.43. The SMILES string of the molecule is COCCCN1C(=O)C(C)(C)Oc2ccc(N(C(=O)[C@H]3CNC[C@@H](NC(=O)COC4CCOCC4)C3)C3CC3)cc21. The van der Waals surface area contributed by atoms with Crippen LogP contribution in [0.15, 0.2) is 18.2 Å². The van der Waals surface area contributed by atoms with Gasteiger partial charge in [-0.15, -0.1) is 0 Å². The molecule has 0 spiro atoms. The molecule has 11 nitrogen and oxygen atoms in total. The molecule has 0 unspecified atom stereocenters. The number of carbonyl (C=O) groups is 3. The van der Waals surface area contributed by atoms with Crippen molar-refractivity contribution in [1.82, 2.24) is 10.6 Å². The van der Waals surface area contributed by atoms with Crippen LogP contribution < -0.4 is 25.2 Å². The zero-order valence-corrected chi connectivity index (χ0v) is 24.5. The summed E-state index contributed by atoms with van der Waals surface area (Å²) in [6.45, 7) is 7.10. The van der Waals surface area contributed by atoms with Gasteiger partial charge in [0, 0.05) is 64.3 Å². The molecule has 4 aliphatic rings. The number of nitrogens with zero attached hydrogens (tertiary/aromatic N) is 2. The maximum Gasteiger partial charge on any atom is 0.270 e. The summed E-state index contributed by atoms with van der Waals surface area (Å²) in [5.74, 6) is 0.108. The summed E-state index contributed by atoms with van der Waals surface area (Å²) in [4.78, 5) is 43.5. The first-order valence-corrected chi connectivity index (χ1v) is 14.9. The molecule has 41 heavy (non-hydrogen) atoms. The Morgan fingerprint density at radius 3 is 2.68 bits per heavy atom. The largest absolute Gasteiger partial charge is 0.476 e. The first-order valence-electron chi connectivity index (χ1n) is 14.9. The van der Waals surface area contributed by atoms with Crippen LogP contribution in [-0.4, -0.2) is 94.7 Å². The predicted octanol–water partition coefficient (Wildman–Crippen LogP) is 2.01. The summed E-state index contributed by atoms with van der Waals surface area (Å²) >= 11 is 0. The van der Waals surface area contributed by atoms with Crippen molar-refractivity contribution < 1.29 is 33.3 Å². The number of methoxy groups -OCH3 is 1. The van der Waals surface area contributed by atoms with E-state index >= 15 is 0 Å². The number of hydrogen-bond acceptors (Lipinski definition) is 8. The van der Waals surface area contributed by atoms with Gasteiger partial charge in [-0.1, -0.05) is 0 Å². The van der Waals surface area contributed by atoms with Gasteiger partial charge in [-0.3, -0.25) is 14.4 Å². The molecule has 226 valence electrons. The first kappa shape index (κ1) is 29.8. The van der Waals surface area contributed by atoms with E-state index < -0.39 is 5.60 Å². The Kier molecular flexibility index (Phi) is 9.48. The minimum absolute atomic E-state index is 0.0155. The molecule has 11 heteroatoms. The van der Waals surface area contributed by atoms with E-state index in [0.717, 1.165) is 31.4 Å². The van der Waals surface area contributed by atoms with Gasteiger partial charge in [-0.25, -0.2) is 0 Å². The third-order valence-corrected chi connectivity index (χ3v) is 8.20. The predicted molar refractivity (Wildman–Crippen MR) is 153 cm³/mol. The summed E-state index contributed by atoms with van der Waals surface area (Å²) in [5, 5.41) is 6.39. The first-order chi connectivity index (χ1) is 19.8. The van der Waals surface area contributed by atoms with Crippen LogP contribution in [0.2, 0.25) is 0 Å². The number of nitrogens with one attached hydrogen (secondary N) is 2. The Morgan fingerprint density at radius 2 is 1.95 bits per heavy atom. The summed E-state index contributed by atoms with van der Waals surface area (Å²) in [7, 11) is 1.65. The maximum absolute atomic E-state index is 14.0. The zero-order valence-electron chi connectivity index (χ0n) is 24.5. The standard InChI is InChI=1S/C30H44N4O7/c1-30(2)29(37)33(11-4-12-38-3)25-16-23(7-8-26(25)41-30)34(22-5-6-22)28(36)20-15-21(18-31-17-20)32-27(35)19-40-24-9-13-39-14-10-24/h7-8,16,20-22,24,31H,4-6,9-15,17-19H2,1-3H3,(H,32,35)/t20-,21+/m1/s1. The second-order valence-electron chi connectivity index (χ2n) is 12.0. The zero-order chi connectivity index (χ0) is 29.0. The van der Waals surface area contributed by atoms with E-state index in [1.807, 2.05) is 23.1 Å². The van der Waals surface area contributed by atoms with Crippen LogP contribution in [0.25, 0.3) is 0 Å². The van der Waals surface area contributed by atoms with Crippen molar-refractivity contribution in [1.29, 1.82) is 0 Å². The molecule has 0 bridgehead atoms. The monoisotopic (exact) mass is 572 g/mol. The van der Waals surface area contributed by atoms with Crippen molar-refractivity contribution in [3.8, 4) is 5.75 Å². The highest BCUT2D eigenvalue weighted by molar-refractivity contribution is 6.04. The number of rotatable bonds is 11. The van der Waals surface area contributed by atoms with Gasteiger partial charge >= 0.3 is 0 Å². The Hall–Kier alpha value is -2.73. The lowest BCUT2D eigenvalue weighted by Crippen LogP contribution is -2.54. The summed E-state index contributed by atoms with van der Waals surface area (Å²) in [6, 6.07) is 5.66. The van der Waals surface area contributed by atoms with Crippen LogP contribution in [0.4, 0.5) is 11.4 Å². The van der Waals surface area contributed by atoms with E-state index in [1.165, 1.54) is 0 Å². The molecule has 3 heterocycles. The number of carbonyl (C=O) groups excluding carboxylic acids is 3. The normalized spacial score (nSPS) is 24.4. The van der Waals surface area contributed by atoms with Crippen LogP contribution in [0.3, 0.4) is 0 Å². The third kappa shape index (κ3) is 7.20. The Bertz CT molecular complexity index is 1100. The molecule has 0 radical (unpaired) electrons. The van der Waals surface area contributed by atoms with Crippen molar-refractivity contribution in [2.75, 3.05) is 63.0 Å². The molecule has 2 saturated heterocycles. The van der Waals surface area contributed by atoms with Crippen molar-refractivity contribution in [2.45, 2.75) is 76.2 Å². The molecular formula is C30H44N4O7. The number of piperidine rings is 1. The quantitative estimate of drug-likeness (QED) is 0.387. The van der Waals surface area contributed by atoms with E-state index in [-0.39, 0.29) is 48.4 Å². The van der Waals surface area contributed by atoms with Gasteiger partial charge in [0.1, 0.15) is 12.4 Å². The van der Waals surface area contributed by atoms with Gasteiger partial charge in [-0.2, -0.15) is 0 Å². The van der Waals surface area contributed by atoms with Crippen LogP contribution in [0.1, 0.15) is 52.4 Å². The number of hydrogen-bond donors (Lipinski definition) is 2. The van der Waals surface area contributed by atoms with Crippen molar-refractivity contribution in [3.63, 3.8) is 0 Å². The molecule has 3 fully saturated rings. The van der Waals surface area contributed by atoms with Crippen LogP contribution in [0.5, 0.6) is 5.75 Å². The fourth-order valence-corrected chi connectivity index (χ4v) is 5.89. The maximum atomic E-state index is 14.0. The smallest absolute Gasteiger partial charge is 0.270 e. The molecule has 2 N–H and O–H groups in total. The van der Waals surface area contributed by atoms with Crippen LogP contribution in [0, 0.1) is 5.92 Å². The van der Waals surface area contributed by atoms with E-state index in [4.69, 9.17) is 18.9 Å². The van der Waals surface area contributed by atoms with Crippen LogP contribution >= 0.6 is 0 Å². The van der Waals surface area contributed by atoms with Gasteiger partial charge < -0.3 is 39.4 Å². The molecule has 5 rings (SSSR count).